The first-order valence-electron chi connectivity index (χ1n) is 6.30. The van der Waals surface area contributed by atoms with Crippen LogP contribution in [0.2, 0.25) is 0 Å². The Kier molecular flexibility index (Phi) is 32.1. The molecule has 1 aliphatic carbocycles. The molecule has 19 heavy (non-hydrogen) atoms. The molecule has 0 heterocycles. The van der Waals surface area contributed by atoms with Gasteiger partial charge < -0.3 is 23.4 Å². The first-order chi connectivity index (χ1) is 8.08. The first kappa shape index (κ1) is 28.4. The quantitative estimate of drug-likeness (QED) is 0.330. The van der Waals surface area contributed by atoms with Gasteiger partial charge in [-0.15, -0.1) is 14.2 Å². The molecule has 3 atom stereocenters. The van der Waals surface area contributed by atoms with Crippen molar-refractivity contribution in [1.82, 2.24) is 0 Å². The Morgan fingerprint density at radius 1 is 1.00 bits per heavy atom. The van der Waals surface area contributed by atoms with Crippen molar-refractivity contribution >= 4 is 7.92 Å². The Balaban J connectivity index is -0.000000122. The molecule has 0 N–H and O–H groups in total. The molecule has 0 amide bonds. The third-order valence-corrected chi connectivity index (χ3v) is 5.38. The first-order valence-corrected chi connectivity index (χ1v) is 8.34. The average Bonchev–Trinajstić information content (AvgIpc) is 2.67. The van der Waals surface area contributed by atoms with Gasteiger partial charge in [0, 0.05) is 0 Å². The van der Waals surface area contributed by atoms with Crippen molar-refractivity contribution in [2.45, 2.75) is 31.8 Å². The molecule has 1 fully saturated rings. The second-order valence-electron chi connectivity index (χ2n) is 4.58. The maximum atomic E-state index is 4.24. The molecule has 0 saturated heterocycles. The topological polar surface area (TPSA) is 42.3 Å². The molecule has 0 spiro atoms. The zero-order chi connectivity index (χ0) is 13.7. The standard InChI is InChI=1S/C9H19NP.2C2H6N.CH3.Hf/c1-8-5-4-6-9(8)11(3)7-10-2;2*1-3-2;;/h8-9H,4-7H2,1-3H3;2*1-2H3;1H3;/q4*-1;+4/t8-,9?,11?;;;;/m0..../s1. The van der Waals surface area contributed by atoms with Gasteiger partial charge in [-0.1, -0.05) is 19.8 Å². The summed E-state index contributed by atoms with van der Waals surface area (Å²) >= 11 is 0. The SMILES string of the molecule is C[N-]C.C[N-]C.C[N-]CP(C)C1CCC[C@@H]1C.[CH3-].[Hf+4]. The Morgan fingerprint density at radius 2 is 1.42 bits per heavy atom. The van der Waals surface area contributed by atoms with Crippen LogP contribution in [0.3, 0.4) is 0 Å². The van der Waals surface area contributed by atoms with Crippen molar-refractivity contribution in [1.29, 1.82) is 0 Å². The zero-order valence-corrected chi connectivity index (χ0v) is 18.8. The van der Waals surface area contributed by atoms with Crippen LogP contribution in [-0.2, 0) is 25.8 Å². The van der Waals surface area contributed by atoms with Crippen LogP contribution in [-0.4, -0.2) is 53.8 Å². The molecule has 0 bridgehead atoms. The van der Waals surface area contributed by atoms with E-state index >= 15 is 0 Å². The van der Waals surface area contributed by atoms with Crippen LogP contribution in [0, 0.1) is 13.3 Å². The van der Waals surface area contributed by atoms with E-state index in [4.69, 9.17) is 0 Å². The Bertz CT molecular complexity index is 149. The van der Waals surface area contributed by atoms with Crippen LogP contribution in [0.4, 0.5) is 0 Å². The molecule has 114 valence electrons. The summed E-state index contributed by atoms with van der Waals surface area (Å²) in [6.07, 6.45) is 5.52. The average molecular weight is 454 g/mol. The van der Waals surface area contributed by atoms with Crippen molar-refractivity contribution in [2.75, 3.05) is 48.2 Å². The fraction of sp³-hybridized carbons (Fsp3) is 0.929. The smallest absolute Gasteiger partial charge is 0.668 e. The fourth-order valence-electron chi connectivity index (χ4n) is 2.11. The molecule has 0 radical (unpaired) electrons. The third-order valence-electron chi connectivity index (χ3n) is 2.75. The second kappa shape index (κ2) is 21.5. The van der Waals surface area contributed by atoms with E-state index in [1.165, 1.54) is 19.3 Å². The minimum atomic E-state index is 0. The maximum Gasteiger partial charge on any atom is 4.00 e. The molecule has 0 aromatic carbocycles. The normalized spacial score (nSPS) is 21.6. The summed E-state index contributed by atoms with van der Waals surface area (Å²) in [5, 5.41) is 11.2. The largest absolute Gasteiger partial charge is 4.00 e. The molecule has 1 aliphatic rings. The van der Waals surface area contributed by atoms with Gasteiger partial charge in [-0.3, -0.25) is 0 Å². The second-order valence-corrected chi connectivity index (χ2v) is 7.04. The van der Waals surface area contributed by atoms with E-state index < -0.39 is 0 Å². The Morgan fingerprint density at radius 3 is 1.68 bits per heavy atom. The number of hydrogen-bond donors (Lipinski definition) is 0. The van der Waals surface area contributed by atoms with Gasteiger partial charge in [0.1, 0.15) is 0 Å². The molecule has 0 aromatic rings. The van der Waals surface area contributed by atoms with Crippen LogP contribution in [0.15, 0.2) is 0 Å². The van der Waals surface area contributed by atoms with Crippen molar-refractivity contribution < 1.29 is 25.8 Å². The van der Waals surface area contributed by atoms with Crippen molar-refractivity contribution in [3.63, 3.8) is 0 Å². The van der Waals surface area contributed by atoms with E-state index in [1.807, 2.05) is 7.05 Å². The van der Waals surface area contributed by atoms with E-state index in [2.05, 4.69) is 29.5 Å². The van der Waals surface area contributed by atoms with Crippen LogP contribution in [0.1, 0.15) is 26.2 Å². The molecule has 0 aliphatic heterocycles. The summed E-state index contributed by atoms with van der Waals surface area (Å²) in [5.74, 6) is 0.980. The predicted octanol–water partition coefficient (Wildman–Crippen LogP) is 4.93. The van der Waals surface area contributed by atoms with Crippen LogP contribution >= 0.6 is 7.92 Å². The third kappa shape index (κ3) is 17.1. The van der Waals surface area contributed by atoms with E-state index in [1.54, 1.807) is 28.2 Å². The minimum Gasteiger partial charge on any atom is -0.668 e. The van der Waals surface area contributed by atoms with Crippen molar-refractivity contribution in [3.05, 3.63) is 23.4 Å². The van der Waals surface area contributed by atoms with Crippen LogP contribution < -0.4 is 0 Å². The van der Waals surface area contributed by atoms with Gasteiger partial charge in [0.05, 0.1) is 0 Å². The van der Waals surface area contributed by atoms with E-state index in [9.17, 15) is 0 Å². The number of hydrogen-bond acceptors (Lipinski definition) is 0. The van der Waals surface area contributed by atoms with E-state index in [-0.39, 0.29) is 41.2 Å². The van der Waals surface area contributed by atoms with Gasteiger partial charge in [-0.25, -0.2) is 0 Å². The molecule has 3 nitrogen and oxygen atoms in total. The summed E-state index contributed by atoms with van der Waals surface area (Å²) in [6.45, 7) is 4.82. The van der Waals surface area contributed by atoms with Gasteiger partial charge in [0.2, 0.25) is 0 Å². The molecular weight excluding hydrogens is 420 g/mol. The van der Waals surface area contributed by atoms with E-state index in [0.29, 0.717) is 0 Å². The zero-order valence-electron chi connectivity index (χ0n) is 14.3. The molecule has 5 heteroatoms. The molecule has 1 saturated carbocycles. The summed E-state index contributed by atoms with van der Waals surface area (Å²) < 4.78 is 0. The summed E-state index contributed by atoms with van der Waals surface area (Å²) in [7, 11) is 9.16. The van der Waals surface area contributed by atoms with E-state index in [0.717, 1.165) is 17.9 Å². The van der Waals surface area contributed by atoms with Gasteiger partial charge >= 0.3 is 25.8 Å². The minimum absolute atomic E-state index is 0. The van der Waals surface area contributed by atoms with Gasteiger partial charge in [-0.05, 0) is 24.7 Å². The maximum absolute atomic E-state index is 4.24. The summed E-state index contributed by atoms with van der Waals surface area (Å²) in [5.41, 5.74) is 1.02. The van der Waals surface area contributed by atoms with Crippen LogP contribution in [0.25, 0.3) is 16.0 Å². The number of rotatable bonds is 3. The number of nitrogens with zero attached hydrogens (tertiary/aromatic N) is 3. The Hall–Kier alpha value is 1.18. The fourth-order valence-corrected chi connectivity index (χ4v) is 4.41. The monoisotopic (exact) mass is 455 g/mol. The van der Waals surface area contributed by atoms with Gasteiger partial charge in [0.25, 0.3) is 0 Å². The van der Waals surface area contributed by atoms with Crippen molar-refractivity contribution in [3.8, 4) is 0 Å². The molecular formula is C14H34HfN3P. The van der Waals surface area contributed by atoms with Crippen LogP contribution in [0.5, 0.6) is 0 Å². The molecule has 1 rings (SSSR count). The van der Waals surface area contributed by atoms with Gasteiger partial charge in [0.15, 0.2) is 0 Å². The summed E-state index contributed by atoms with van der Waals surface area (Å²) in [4.78, 5) is 0. The molecule has 0 aromatic heterocycles. The van der Waals surface area contributed by atoms with Crippen molar-refractivity contribution in [2.24, 2.45) is 5.92 Å². The van der Waals surface area contributed by atoms with Gasteiger partial charge in [-0.2, -0.15) is 35.2 Å². The molecule has 2 unspecified atom stereocenters. The summed E-state index contributed by atoms with van der Waals surface area (Å²) in [6, 6.07) is 0. The Labute approximate surface area is 143 Å². The predicted molar refractivity (Wildman–Crippen MR) is 90.6 cm³/mol.